The van der Waals surface area contributed by atoms with Gasteiger partial charge in [0.15, 0.2) is 5.65 Å². The molecule has 0 saturated heterocycles. The van der Waals surface area contributed by atoms with Crippen molar-refractivity contribution < 1.29 is 0 Å². The lowest BCUT2D eigenvalue weighted by Crippen LogP contribution is -1.94. The molecule has 66 valence electrons. The largest absolute Gasteiger partial charge is 0.396 e. The molecule has 3 nitrogen and oxygen atoms in total. The molecule has 3 heteroatoms. The fraction of sp³-hybridized carbons (Fsp3) is 0.300. The lowest BCUT2D eigenvalue weighted by Gasteiger charge is -1.99. The topological polar surface area (TPSA) is 43.3 Å². The van der Waals surface area contributed by atoms with Gasteiger partial charge in [0.1, 0.15) is 0 Å². The molecule has 1 aliphatic carbocycles. The average Bonchev–Trinajstić information content (AvgIpc) is 2.65. The van der Waals surface area contributed by atoms with Crippen molar-refractivity contribution in [3.05, 3.63) is 29.7 Å². The van der Waals surface area contributed by atoms with Crippen LogP contribution in [0.25, 0.3) is 5.65 Å². The van der Waals surface area contributed by atoms with E-state index in [2.05, 4.69) is 9.38 Å². The number of pyridine rings is 1. The molecule has 0 aromatic carbocycles. The maximum atomic E-state index is 5.83. The highest BCUT2D eigenvalue weighted by Gasteiger charge is 2.17. The highest BCUT2D eigenvalue weighted by molar-refractivity contribution is 5.65. The Kier molecular flexibility index (Phi) is 1.20. The lowest BCUT2D eigenvalue weighted by atomic mass is 10.3. The number of rotatable bonds is 0. The van der Waals surface area contributed by atoms with Gasteiger partial charge in [0.25, 0.3) is 0 Å². The zero-order valence-corrected chi connectivity index (χ0v) is 7.33. The van der Waals surface area contributed by atoms with Crippen molar-refractivity contribution >= 4 is 11.3 Å². The van der Waals surface area contributed by atoms with Crippen LogP contribution in [0.15, 0.2) is 18.3 Å². The van der Waals surface area contributed by atoms with E-state index in [-0.39, 0.29) is 0 Å². The van der Waals surface area contributed by atoms with Crippen LogP contribution in [0.3, 0.4) is 0 Å². The summed E-state index contributed by atoms with van der Waals surface area (Å²) < 4.78 is 2.12. The fourth-order valence-corrected chi connectivity index (χ4v) is 2.07. The molecule has 0 radical (unpaired) electrons. The molecule has 2 aromatic rings. The summed E-state index contributed by atoms with van der Waals surface area (Å²) in [5.74, 6) is 0. The van der Waals surface area contributed by atoms with Crippen LogP contribution >= 0.6 is 0 Å². The van der Waals surface area contributed by atoms with Crippen LogP contribution in [0.2, 0.25) is 0 Å². The molecule has 0 saturated carbocycles. The van der Waals surface area contributed by atoms with Crippen LogP contribution in [0.4, 0.5) is 5.69 Å². The molecule has 0 amide bonds. The van der Waals surface area contributed by atoms with Crippen LogP contribution < -0.4 is 5.73 Å². The number of nitrogens with zero attached hydrogens (tertiary/aromatic N) is 2. The van der Waals surface area contributed by atoms with E-state index >= 15 is 0 Å². The standard InChI is InChI=1S/C10H11N3/c11-7-3-2-6-13-9-5-1-4-8(9)12-10(7)13/h2-3,6H,1,4-5,11H2. The molecule has 3 rings (SSSR count). The number of imidazole rings is 1. The van der Waals surface area contributed by atoms with Crippen molar-refractivity contribution in [3.8, 4) is 0 Å². The highest BCUT2D eigenvalue weighted by atomic mass is 15.0. The minimum atomic E-state index is 0.775. The first-order valence-corrected chi connectivity index (χ1v) is 4.60. The Morgan fingerprint density at radius 2 is 2.31 bits per heavy atom. The number of anilines is 1. The van der Waals surface area contributed by atoms with Gasteiger partial charge in [0.05, 0.1) is 11.4 Å². The Morgan fingerprint density at radius 3 is 3.23 bits per heavy atom. The van der Waals surface area contributed by atoms with E-state index in [1.807, 2.05) is 18.3 Å². The Bertz CT molecular complexity index is 470. The van der Waals surface area contributed by atoms with E-state index in [1.54, 1.807) is 0 Å². The lowest BCUT2D eigenvalue weighted by molar-refractivity contribution is 0.869. The molecule has 0 fully saturated rings. The smallest absolute Gasteiger partial charge is 0.160 e. The van der Waals surface area contributed by atoms with Crippen molar-refractivity contribution in [2.75, 3.05) is 5.73 Å². The first kappa shape index (κ1) is 6.95. The van der Waals surface area contributed by atoms with Gasteiger partial charge in [-0.15, -0.1) is 0 Å². The van der Waals surface area contributed by atoms with Gasteiger partial charge in [-0.25, -0.2) is 4.98 Å². The number of nitrogens with two attached hydrogens (primary N) is 1. The summed E-state index contributed by atoms with van der Waals surface area (Å²) in [5.41, 5.74) is 10.1. The van der Waals surface area contributed by atoms with E-state index in [0.29, 0.717) is 0 Å². The van der Waals surface area contributed by atoms with Gasteiger partial charge in [0, 0.05) is 11.9 Å². The van der Waals surface area contributed by atoms with E-state index in [1.165, 1.54) is 17.8 Å². The number of fused-ring (bicyclic) bond motifs is 3. The van der Waals surface area contributed by atoms with Crippen molar-refractivity contribution in [1.29, 1.82) is 0 Å². The normalized spacial score (nSPS) is 15.1. The predicted molar refractivity (Wildman–Crippen MR) is 51.6 cm³/mol. The van der Waals surface area contributed by atoms with Gasteiger partial charge in [-0.2, -0.15) is 0 Å². The van der Waals surface area contributed by atoms with E-state index in [4.69, 9.17) is 5.73 Å². The Balaban J connectivity index is 2.44. The Morgan fingerprint density at radius 1 is 1.38 bits per heavy atom. The van der Waals surface area contributed by atoms with Crippen LogP contribution in [-0.4, -0.2) is 9.38 Å². The molecule has 2 N–H and O–H groups in total. The fourth-order valence-electron chi connectivity index (χ4n) is 2.07. The number of hydrogen-bond acceptors (Lipinski definition) is 2. The second kappa shape index (κ2) is 2.25. The third-order valence-electron chi connectivity index (χ3n) is 2.69. The average molecular weight is 173 g/mol. The minimum absolute atomic E-state index is 0.775. The van der Waals surface area contributed by atoms with Gasteiger partial charge in [-0.1, -0.05) is 0 Å². The summed E-state index contributed by atoms with van der Waals surface area (Å²) >= 11 is 0. The first-order chi connectivity index (χ1) is 6.36. The molecule has 0 spiro atoms. The minimum Gasteiger partial charge on any atom is -0.396 e. The van der Waals surface area contributed by atoms with Crippen LogP contribution in [0.1, 0.15) is 17.8 Å². The van der Waals surface area contributed by atoms with Crippen LogP contribution in [0, 0.1) is 0 Å². The van der Waals surface area contributed by atoms with Crippen LogP contribution in [0.5, 0.6) is 0 Å². The molecule has 0 bridgehead atoms. The predicted octanol–water partition coefficient (Wildman–Crippen LogP) is 1.41. The zero-order valence-electron chi connectivity index (χ0n) is 7.33. The molecule has 0 unspecified atom stereocenters. The van der Waals surface area contributed by atoms with Crippen molar-refractivity contribution in [3.63, 3.8) is 0 Å². The van der Waals surface area contributed by atoms with Crippen molar-refractivity contribution in [2.45, 2.75) is 19.3 Å². The third-order valence-corrected chi connectivity index (χ3v) is 2.69. The molecular formula is C10H11N3. The summed E-state index contributed by atoms with van der Waals surface area (Å²) in [7, 11) is 0. The zero-order chi connectivity index (χ0) is 8.84. The summed E-state index contributed by atoms with van der Waals surface area (Å²) in [6, 6.07) is 3.88. The maximum absolute atomic E-state index is 5.83. The molecule has 0 aliphatic heterocycles. The van der Waals surface area contributed by atoms with Crippen molar-refractivity contribution in [1.82, 2.24) is 9.38 Å². The van der Waals surface area contributed by atoms with Gasteiger partial charge in [-0.3, -0.25) is 0 Å². The monoisotopic (exact) mass is 173 g/mol. The molecule has 0 atom stereocenters. The quantitative estimate of drug-likeness (QED) is 0.654. The van der Waals surface area contributed by atoms with Crippen molar-refractivity contribution in [2.24, 2.45) is 0 Å². The van der Waals surface area contributed by atoms with E-state index < -0.39 is 0 Å². The summed E-state index contributed by atoms with van der Waals surface area (Å²) in [6.07, 6.45) is 5.52. The number of aromatic nitrogens is 2. The molecule has 1 aliphatic rings. The first-order valence-electron chi connectivity index (χ1n) is 4.60. The maximum Gasteiger partial charge on any atom is 0.160 e. The van der Waals surface area contributed by atoms with E-state index in [9.17, 15) is 0 Å². The number of aryl methyl sites for hydroxylation is 2. The molecule has 2 heterocycles. The molecular weight excluding hydrogens is 162 g/mol. The summed E-state index contributed by atoms with van der Waals surface area (Å²) in [4.78, 5) is 4.53. The van der Waals surface area contributed by atoms with Gasteiger partial charge >= 0.3 is 0 Å². The van der Waals surface area contributed by atoms with Gasteiger partial charge in [-0.05, 0) is 31.4 Å². The van der Waals surface area contributed by atoms with Crippen LogP contribution in [-0.2, 0) is 12.8 Å². The second-order valence-electron chi connectivity index (χ2n) is 3.52. The second-order valence-corrected chi connectivity index (χ2v) is 3.52. The molecule has 2 aromatic heterocycles. The number of nitrogen functional groups attached to an aromatic ring is 1. The van der Waals surface area contributed by atoms with Gasteiger partial charge < -0.3 is 10.1 Å². The SMILES string of the molecule is Nc1cccn2c3c(nc12)CCC3. The third kappa shape index (κ3) is 0.813. The number of hydrogen-bond donors (Lipinski definition) is 1. The Labute approximate surface area is 76.2 Å². The summed E-state index contributed by atoms with van der Waals surface area (Å²) in [6.45, 7) is 0. The van der Waals surface area contributed by atoms with E-state index in [0.717, 1.165) is 24.2 Å². The van der Waals surface area contributed by atoms with Gasteiger partial charge in [0.2, 0.25) is 0 Å². The Hall–Kier alpha value is -1.51. The summed E-state index contributed by atoms with van der Waals surface area (Å²) in [5, 5.41) is 0. The highest BCUT2D eigenvalue weighted by Crippen LogP contribution is 2.24. The molecule has 13 heavy (non-hydrogen) atoms.